The summed E-state index contributed by atoms with van der Waals surface area (Å²) in [6, 6.07) is 5.91. The smallest absolute Gasteiger partial charge is 0.263 e. The minimum Gasteiger partial charge on any atom is -0.488 e. The lowest BCUT2D eigenvalue weighted by molar-refractivity contribution is 0.0864. The number of ether oxygens (including phenoxy) is 1. The molecule has 0 spiro atoms. The van der Waals surface area contributed by atoms with Crippen molar-refractivity contribution in [3.8, 4) is 16.3 Å². The molecule has 1 N–H and O–H groups in total. The molecule has 0 bridgehead atoms. The zero-order valence-electron chi connectivity index (χ0n) is 16.3. The lowest BCUT2D eigenvalue weighted by Gasteiger charge is -2.31. The van der Waals surface area contributed by atoms with Gasteiger partial charge in [-0.2, -0.15) is 5.10 Å². The first kappa shape index (κ1) is 20.0. The molecule has 1 unspecified atom stereocenters. The molecule has 0 radical (unpaired) electrons. The van der Waals surface area contributed by atoms with Gasteiger partial charge >= 0.3 is 0 Å². The molecule has 0 fully saturated rings. The molecule has 0 aliphatic rings. The Morgan fingerprint density at radius 3 is 2.71 bits per heavy atom. The Morgan fingerprint density at radius 2 is 2.07 bits per heavy atom. The SMILES string of the molecule is Cn1cc(-c2ncc(C(=O)NC(COc3ccccc3F)C(C)(C)C)s2)cn1. The third-order valence-electron chi connectivity index (χ3n) is 4.27. The first-order chi connectivity index (χ1) is 13.2. The molecule has 2 heterocycles. The van der Waals surface area contributed by atoms with Crippen LogP contribution in [0.1, 0.15) is 30.4 Å². The first-order valence-electron chi connectivity index (χ1n) is 8.87. The molecule has 6 nitrogen and oxygen atoms in total. The fourth-order valence-electron chi connectivity index (χ4n) is 2.52. The molecule has 0 aliphatic heterocycles. The maximum absolute atomic E-state index is 13.8. The number of benzene rings is 1. The van der Waals surface area contributed by atoms with Gasteiger partial charge in [-0.15, -0.1) is 11.3 Å². The average molecular weight is 402 g/mol. The molecule has 1 atom stereocenters. The quantitative estimate of drug-likeness (QED) is 0.679. The third-order valence-corrected chi connectivity index (χ3v) is 5.32. The van der Waals surface area contributed by atoms with Crippen molar-refractivity contribution in [1.29, 1.82) is 0 Å². The van der Waals surface area contributed by atoms with Crippen LogP contribution in [0.2, 0.25) is 0 Å². The van der Waals surface area contributed by atoms with E-state index in [-0.39, 0.29) is 29.7 Å². The number of thiazole rings is 1. The summed E-state index contributed by atoms with van der Waals surface area (Å²) >= 11 is 1.30. The Bertz CT molecular complexity index is 961. The van der Waals surface area contributed by atoms with Gasteiger partial charge in [-0.1, -0.05) is 32.9 Å². The van der Waals surface area contributed by atoms with Crippen molar-refractivity contribution >= 4 is 17.2 Å². The van der Waals surface area contributed by atoms with Crippen LogP contribution in [0.5, 0.6) is 5.75 Å². The summed E-state index contributed by atoms with van der Waals surface area (Å²) in [5, 5.41) is 7.85. The number of nitrogens with one attached hydrogen (secondary N) is 1. The van der Waals surface area contributed by atoms with Crippen LogP contribution in [-0.4, -0.2) is 33.3 Å². The van der Waals surface area contributed by atoms with Gasteiger partial charge in [0, 0.05) is 18.8 Å². The minimum absolute atomic E-state index is 0.157. The van der Waals surface area contributed by atoms with E-state index >= 15 is 0 Å². The van der Waals surface area contributed by atoms with Gasteiger partial charge in [0.1, 0.15) is 16.5 Å². The Morgan fingerprint density at radius 1 is 1.32 bits per heavy atom. The number of nitrogens with zero attached hydrogens (tertiary/aromatic N) is 3. The number of aryl methyl sites for hydroxylation is 1. The summed E-state index contributed by atoms with van der Waals surface area (Å²) < 4.78 is 21.1. The standard InChI is InChI=1S/C20H23FN4O2S/c1-20(2,3)17(12-27-15-8-6-5-7-14(15)21)24-18(26)16-10-22-19(28-16)13-9-23-25(4)11-13/h5-11,17H,12H2,1-4H3,(H,24,26). The van der Waals surface area contributed by atoms with Gasteiger partial charge in [0.25, 0.3) is 5.91 Å². The van der Waals surface area contributed by atoms with Gasteiger partial charge < -0.3 is 10.1 Å². The van der Waals surface area contributed by atoms with Crippen molar-refractivity contribution in [3.63, 3.8) is 0 Å². The number of halogens is 1. The van der Waals surface area contributed by atoms with E-state index in [1.807, 2.05) is 34.0 Å². The Kier molecular flexibility index (Phi) is 5.79. The summed E-state index contributed by atoms with van der Waals surface area (Å²) in [5.74, 6) is -0.489. The lowest BCUT2D eigenvalue weighted by atomic mass is 9.87. The van der Waals surface area contributed by atoms with Gasteiger partial charge in [-0.3, -0.25) is 9.48 Å². The first-order valence-corrected chi connectivity index (χ1v) is 9.69. The topological polar surface area (TPSA) is 69.0 Å². The van der Waals surface area contributed by atoms with E-state index in [0.717, 1.165) is 10.6 Å². The Labute approximate surface area is 167 Å². The number of carbonyl (C=O) groups excluding carboxylic acids is 1. The normalized spacial score (nSPS) is 12.6. The fourth-order valence-corrected chi connectivity index (χ4v) is 3.31. The van der Waals surface area contributed by atoms with E-state index in [0.29, 0.717) is 4.88 Å². The van der Waals surface area contributed by atoms with E-state index in [1.54, 1.807) is 35.3 Å². The van der Waals surface area contributed by atoms with E-state index in [4.69, 9.17) is 4.74 Å². The number of amides is 1. The lowest BCUT2D eigenvalue weighted by Crippen LogP contribution is -2.47. The molecule has 28 heavy (non-hydrogen) atoms. The van der Waals surface area contributed by atoms with Crippen molar-refractivity contribution in [3.05, 3.63) is 53.6 Å². The molecule has 0 saturated heterocycles. The molecule has 3 rings (SSSR count). The van der Waals surface area contributed by atoms with Crippen LogP contribution >= 0.6 is 11.3 Å². The van der Waals surface area contributed by atoms with Crippen molar-refractivity contribution in [1.82, 2.24) is 20.1 Å². The summed E-state index contributed by atoms with van der Waals surface area (Å²) in [7, 11) is 1.83. The zero-order valence-corrected chi connectivity index (χ0v) is 17.1. The predicted octanol–water partition coefficient (Wildman–Crippen LogP) is 3.91. The van der Waals surface area contributed by atoms with Crippen LogP contribution in [0, 0.1) is 11.2 Å². The number of para-hydroxylation sites is 1. The van der Waals surface area contributed by atoms with E-state index < -0.39 is 5.82 Å². The molecule has 148 valence electrons. The highest BCUT2D eigenvalue weighted by molar-refractivity contribution is 7.16. The van der Waals surface area contributed by atoms with E-state index in [2.05, 4.69) is 15.4 Å². The van der Waals surface area contributed by atoms with Crippen LogP contribution < -0.4 is 10.1 Å². The number of rotatable bonds is 6. The van der Waals surface area contributed by atoms with Crippen LogP contribution in [-0.2, 0) is 7.05 Å². The Balaban J connectivity index is 1.70. The number of hydrogen-bond donors (Lipinski definition) is 1. The molecule has 3 aromatic rings. The van der Waals surface area contributed by atoms with Crippen LogP contribution in [0.4, 0.5) is 4.39 Å². The van der Waals surface area contributed by atoms with Gasteiger partial charge in [-0.05, 0) is 17.5 Å². The van der Waals surface area contributed by atoms with Crippen molar-refractivity contribution in [2.75, 3.05) is 6.61 Å². The van der Waals surface area contributed by atoms with Gasteiger partial charge in [0.2, 0.25) is 0 Å². The van der Waals surface area contributed by atoms with Crippen molar-refractivity contribution < 1.29 is 13.9 Å². The summed E-state index contributed by atoms with van der Waals surface area (Å²) in [6.45, 7) is 6.15. The molecule has 8 heteroatoms. The predicted molar refractivity (Wildman–Crippen MR) is 107 cm³/mol. The average Bonchev–Trinajstić information content (AvgIpc) is 3.27. The molecule has 2 aromatic heterocycles. The second kappa shape index (κ2) is 8.10. The molecule has 0 aliphatic carbocycles. The van der Waals surface area contributed by atoms with Crippen molar-refractivity contribution in [2.45, 2.75) is 26.8 Å². The molecular weight excluding hydrogens is 379 g/mol. The molecule has 0 saturated carbocycles. The summed E-state index contributed by atoms with van der Waals surface area (Å²) in [5.41, 5.74) is 0.583. The molecule has 1 aromatic carbocycles. The van der Waals surface area contributed by atoms with Crippen LogP contribution in [0.15, 0.2) is 42.9 Å². The second-order valence-electron chi connectivity index (χ2n) is 7.57. The fraction of sp³-hybridized carbons (Fsp3) is 0.350. The van der Waals surface area contributed by atoms with Crippen molar-refractivity contribution in [2.24, 2.45) is 12.5 Å². The maximum atomic E-state index is 13.8. The highest BCUT2D eigenvalue weighted by Gasteiger charge is 2.28. The highest BCUT2D eigenvalue weighted by atomic mass is 32.1. The van der Waals surface area contributed by atoms with Gasteiger partial charge in [0.15, 0.2) is 11.6 Å². The van der Waals surface area contributed by atoms with E-state index in [9.17, 15) is 9.18 Å². The van der Waals surface area contributed by atoms with Crippen LogP contribution in [0.25, 0.3) is 10.6 Å². The highest BCUT2D eigenvalue weighted by Crippen LogP contribution is 2.26. The minimum atomic E-state index is -0.426. The third kappa shape index (κ3) is 4.75. The number of aromatic nitrogens is 3. The zero-order chi connectivity index (χ0) is 20.3. The largest absolute Gasteiger partial charge is 0.488 e. The molecule has 1 amide bonds. The number of carbonyl (C=O) groups is 1. The van der Waals surface area contributed by atoms with Crippen LogP contribution in [0.3, 0.4) is 0 Å². The number of hydrogen-bond acceptors (Lipinski definition) is 5. The summed E-state index contributed by atoms with van der Waals surface area (Å²) in [6.07, 6.45) is 5.11. The molecular formula is C20H23FN4O2S. The summed E-state index contributed by atoms with van der Waals surface area (Å²) in [4.78, 5) is 17.6. The maximum Gasteiger partial charge on any atom is 0.263 e. The van der Waals surface area contributed by atoms with Gasteiger partial charge in [0.05, 0.1) is 18.4 Å². The van der Waals surface area contributed by atoms with E-state index in [1.165, 1.54) is 17.4 Å². The monoisotopic (exact) mass is 402 g/mol. The second-order valence-corrected chi connectivity index (χ2v) is 8.60. The Hall–Kier alpha value is -2.74. The van der Waals surface area contributed by atoms with Gasteiger partial charge in [-0.25, -0.2) is 9.37 Å².